The Morgan fingerprint density at radius 2 is 1.67 bits per heavy atom. The molecule has 0 bridgehead atoms. The van der Waals surface area contributed by atoms with Crippen LogP contribution in [0.2, 0.25) is 0 Å². The van der Waals surface area contributed by atoms with E-state index in [-0.39, 0.29) is 98.1 Å². The largest absolute Gasteiger partial charge is 4.00 e. The summed E-state index contributed by atoms with van der Waals surface area (Å²) in [7, 11) is 0. The van der Waals surface area contributed by atoms with Crippen molar-refractivity contribution < 1.29 is 98.1 Å². The Labute approximate surface area is 126 Å². The molecule has 0 aliphatic heterocycles. The first-order chi connectivity index (χ1) is 2.50. The van der Waals surface area contributed by atoms with E-state index in [1.54, 1.807) is 0 Å². The van der Waals surface area contributed by atoms with Crippen LogP contribution in [0.4, 0.5) is 0 Å². The van der Waals surface area contributed by atoms with Crippen LogP contribution in [0.5, 0.6) is 0 Å². The summed E-state index contributed by atoms with van der Waals surface area (Å²) in [4.78, 5) is 0. The monoisotopic (exact) mass is 536 g/mol. The summed E-state index contributed by atoms with van der Waals surface area (Å²) in [6.07, 6.45) is 10.0. The normalized spacial score (nSPS) is 9.78. The van der Waals surface area contributed by atoms with Gasteiger partial charge in [0.05, 0.1) is 0 Å². The Morgan fingerprint density at radius 3 is 1.78 bits per heavy atom. The minimum Gasteiger partial charge on any atom is -1.00 e. The first-order valence-electron chi connectivity index (χ1n) is 1.72. The van der Waals surface area contributed by atoms with Gasteiger partial charge in [0.1, 0.15) is 0 Å². The molecule has 0 N–H and O–H groups in total. The van der Waals surface area contributed by atoms with Crippen LogP contribution >= 0.6 is 0 Å². The number of hydrogen-bond donors (Lipinski definition) is 0. The maximum absolute atomic E-state index is 2.99. The van der Waals surface area contributed by atoms with Crippen molar-refractivity contribution in [3.63, 3.8) is 0 Å². The third kappa shape index (κ3) is 13.5. The smallest absolute Gasteiger partial charge is 1.00 e. The van der Waals surface area contributed by atoms with Gasteiger partial charge in [-0.1, -0.05) is 0 Å². The zero-order valence-electron chi connectivity index (χ0n) is 4.57. The van der Waals surface area contributed by atoms with Gasteiger partial charge in [-0.15, -0.1) is 6.42 Å². The summed E-state index contributed by atoms with van der Waals surface area (Å²) in [5.74, 6) is 0. The maximum Gasteiger partial charge on any atom is 4.00 e. The first-order valence-corrected chi connectivity index (χ1v) is 1.72. The number of hydrogen-bond acceptors (Lipinski definition) is 0. The topological polar surface area (TPSA) is 0 Å². The molecule has 0 saturated heterocycles. The van der Waals surface area contributed by atoms with Crippen molar-refractivity contribution in [2.45, 2.75) is 6.42 Å². The van der Waals surface area contributed by atoms with Crippen molar-refractivity contribution in [2.24, 2.45) is 0 Å². The summed E-state index contributed by atoms with van der Waals surface area (Å²) in [6, 6.07) is 0. The summed E-state index contributed by atoms with van der Waals surface area (Å²) in [6.45, 7) is 0. The fraction of sp³-hybridized carbons (Fsp3) is 0.200. The Balaban J connectivity index is -0.0000000312. The summed E-state index contributed by atoms with van der Waals surface area (Å²) in [5, 5.41) is 0. The molecular weight excluding hydrogens is 532 g/mol. The van der Waals surface area contributed by atoms with Crippen LogP contribution in [0.25, 0.3) is 0 Å². The Hall–Kier alpha value is 2.55. The second-order valence-electron chi connectivity index (χ2n) is 1.00. The molecule has 9 heavy (non-hydrogen) atoms. The van der Waals surface area contributed by atoms with Gasteiger partial charge >= 0.3 is 26.2 Å². The minimum absolute atomic E-state index is 0. The zero-order chi connectivity index (χ0) is 3.54. The maximum atomic E-state index is 2.99. The van der Waals surface area contributed by atoms with Gasteiger partial charge in [0.25, 0.3) is 0 Å². The fourth-order valence-electron chi connectivity index (χ4n) is 0.340. The summed E-state index contributed by atoms with van der Waals surface area (Å²) < 4.78 is 0. The van der Waals surface area contributed by atoms with Crippen LogP contribution in [0.3, 0.4) is 0 Å². The van der Waals surface area contributed by atoms with E-state index in [0.717, 1.165) is 6.42 Å². The predicted octanol–water partition coefficient (Wildman–Crippen LogP) is -7.68. The molecule has 0 nitrogen and oxygen atoms in total. The molecule has 0 saturated carbocycles. The van der Waals surface area contributed by atoms with E-state index in [0.29, 0.717) is 0 Å². The van der Waals surface area contributed by atoms with Gasteiger partial charge in [0, 0.05) is 0 Å². The van der Waals surface area contributed by atoms with Gasteiger partial charge in [0.2, 0.25) is 0 Å². The van der Waals surface area contributed by atoms with Gasteiger partial charge < -0.3 is 71.9 Å². The molecular formula is C5H5I3Zr. The van der Waals surface area contributed by atoms with Gasteiger partial charge in [-0.05, 0) is 0 Å². The first kappa shape index (κ1) is 22.6. The third-order valence-corrected chi connectivity index (χ3v) is 0.586. The molecule has 0 atom stereocenters. The molecule has 0 radical (unpaired) electrons. The van der Waals surface area contributed by atoms with Gasteiger partial charge in [-0.25, -0.2) is 12.2 Å². The zero-order valence-corrected chi connectivity index (χ0v) is 13.5. The van der Waals surface area contributed by atoms with Crippen molar-refractivity contribution in [3.05, 3.63) is 24.3 Å². The van der Waals surface area contributed by atoms with E-state index < -0.39 is 0 Å². The SMILES string of the molecule is [C-]1=CC=CC1.[I-].[I-].[I-].[Zr+4]. The second kappa shape index (κ2) is 16.9. The second-order valence-corrected chi connectivity index (χ2v) is 1.00. The van der Waals surface area contributed by atoms with E-state index in [2.05, 4.69) is 12.2 Å². The quantitative estimate of drug-likeness (QED) is 0.213. The molecule has 0 fully saturated rings. The number of allylic oxidation sites excluding steroid dienone is 4. The van der Waals surface area contributed by atoms with Crippen molar-refractivity contribution in [1.82, 2.24) is 0 Å². The van der Waals surface area contributed by atoms with Crippen LogP contribution in [0, 0.1) is 6.08 Å². The standard InChI is InChI=1S/C5H5.3HI.Zr/c1-2-4-5-3-1;;;;/h1-3H,4H2;3*1H;/q-1;;;;+4/p-3. The van der Waals surface area contributed by atoms with Crippen molar-refractivity contribution >= 4 is 0 Å². The molecule has 4 heteroatoms. The van der Waals surface area contributed by atoms with E-state index in [4.69, 9.17) is 0 Å². The van der Waals surface area contributed by atoms with E-state index in [1.165, 1.54) is 0 Å². The van der Waals surface area contributed by atoms with Gasteiger partial charge in [-0.2, -0.15) is 6.08 Å². The molecule has 0 heterocycles. The van der Waals surface area contributed by atoms with E-state index in [9.17, 15) is 0 Å². The average molecular weight is 537 g/mol. The third-order valence-electron chi connectivity index (χ3n) is 0.586. The molecule has 0 amide bonds. The van der Waals surface area contributed by atoms with Crippen LogP contribution < -0.4 is 71.9 Å². The predicted molar refractivity (Wildman–Crippen MR) is 21.6 cm³/mol. The number of halogens is 3. The van der Waals surface area contributed by atoms with E-state index in [1.807, 2.05) is 12.2 Å². The molecule has 0 aromatic heterocycles. The number of rotatable bonds is 0. The molecule has 1 rings (SSSR count). The molecule has 0 aromatic rings. The molecule has 1 aliphatic carbocycles. The fourth-order valence-corrected chi connectivity index (χ4v) is 0.340. The Kier molecular flexibility index (Phi) is 42.3. The van der Waals surface area contributed by atoms with Crippen LogP contribution in [0.15, 0.2) is 18.2 Å². The van der Waals surface area contributed by atoms with Crippen molar-refractivity contribution in [3.8, 4) is 0 Å². The Bertz CT molecular complexity index is 70.3. The van der Waals surface area contributed by atoms with Gasteiger partial charge in [-0.3, -0.25) is 6.08 Å². The molecule has 0 unspecified atom stereocenters. The van der Waals surface area contributed by atoms with Crippen LogP contribution in [-0.4, -0.2) is 0 Å². The van der Waals surface area contributed by atoms with E-state index >= 15 is 0 Å². The van der Waals surface area contributed by atoms with Crippen LogP contribution in [0.1, 0.15) is 6.42 Å². The van der Waals surface area contributed by atoms with Crippen molar-refractivity contribution in [1.29, 1.82) is 0 Å². The summed E-state index contributed by atoms with van der Waals surface area (Å²) >= 11 is 0. The van der Waals surface area contributed by atoms with Gasteiger partial charge in [0.15, 0.2) is 0 Å². The minimum atomic E-state index is 0. The molecule has 50 valence electrons. The summed E-state index contributed by atoms with van der Waals surface area (Å²) in [5.41, 5.74) is 0. The molecule has 0 aromatic carbocycles. The Morgan fingerprint density at radius 1 is 1.11 bits per heavy atom. The van der Waals surface area contributed by atoms with Crippen molar-refractivity contribution in [2.75, 3.05) is 0 Å². The average Bonchev–Trinajstić information content (AvgIpc) is 1.76. The van der Waals surface area contributed by atoms with Crippen LogP contribution in [-0.2, 0) is 26.2 Å². The molecule has 0 spiro atoms. The molecule has 1 aliphatic rings.